The SMILES string of the molecule is Cc1ccc(-c2c(-c3ccc(S(N)(=O)=O)cc3)sc3ccccc3c2=O)cc1. The summed E-state index contributed by atoms with van der Waals surface area (Å²) in [4.78, 5) is 14.2. The highest BCUT2D eigenvalue weighted by molar-refractivity contribution is 7.89. The average Bonchev–Trinajstić information content (AvgIpc) is 2.68. The van der Waals surface area contributed by atoms with Crippen LogP contribution in [0.25, 0.3) is 31.7 Å². The first-order valence-electron chi connectivity index (χ1n) is 8.61. The lowest BCUT2D eigenvalue weighted by atomic mass is 9.99. The molecule has 1 heterocycles. The zero-order valence-electron chi connectivity index (χ0n) is 15.0. The Morgan fingerprint density at radius 1 is 0.821 bits per heavy atom. The Morgan fingerprint density at radius 2 is 1.43 bits per heavy atom. The average molecular weight is 408 g/mol. The molecule has 0 atom stereocenters. The minimum atomic E-state index is -3.77. The molecule has 0 unspecified atom stereocenters. The predicted molar refractivity (Wildman–Crippen MR) is 115 cm³/mol. The highest BCUT2D eigenvalue weighted by Gasteiger charge is 2.17. The number of nitrogens with two attached hydrogens (primary N) is 1. The number of fused-ring (bicyclic) bond motifs is 1. The van der Waals surface area contributed by atoms with Crippen LogP contribution >= 0.6 is 11.3 Å². The fraction of sp³-hybridized carbons (Fsp3) is 0.0455. The fourth-order valence-corrected chi connectivity index (χ4v) is 4.84. The van der Waals surface area contributed by atoms with Crippen LogP contribution in [-0.2, 0) is 10.0 Å². The normalized spacial score (nSPS) is 11.6. The maximum atomic E-state index is 13.3. The minimum absolute atomic E-state index is 0.0382. The lowest BCUT2D eigenvalue weighted by Crippen LogP contribution is -2.11. The number of sulfonamides is 1. The van der Waals surface area contributed by atoms with Crippen molar-refractivity contribution in [3.63, 3.8) is 0 Å². The van der Waals surface area contributed by atoms with Gasteiger partial charge in [0.15, 0.2) is 5.43 Å². The van der Waals surface area contributed by atoms with Gasteiger partial charge in [0.25, 0.3) is 0 Å². The molecule has 0 aliphatic carbocycles. The molecule has 0 amide bonds. The summed E-state index contributed by atoms with van der Waals surface area (Å²) in [5.74, 6) is 0. The number of benzene rings is 3. The molecule has 2 N–H and O–H groups in total. The number of hydrogen-bond acceptors (Lipinski definition) is 4. The van der Waals surface area contributed by atoms with Crippen LogP contribution in [0.4, 0.5) is 0 Å². The molecule has 4 nitrogen and oxygen atoms in total. The van der Waals surface area contributed by atoms with Crippen molar-refractivity contribution in [3.05, 3.63) is 88.6 Å². The second kappa shape index (κ2) is 6.98. The van der Waals surface area contributed by atoms with Gasteiger partial charge in [-0.05, 0) is 42.3 Å². The Bertz CT molecular complexity index is 1340. The topological polar surface area (TPSA) is 77.2 Å². The third-order valence-corrected chi connectivity index (χ3v) is 6.73. The van der Waals surface area contributed by atoms with E-state index in [-0.39, 0.29) is 10.3 Å². The maximum absolute atomic E-state index is 13.3. The van der Waals surface area contributed by atoms with Gasteiger partial charge in [-0.1, -0.05) is 54.1 Å². The van der Waals surface area contributed by atoms with Gasteiger partial charge >= 0.3 is 0 Å². The van der Waals surface area contributed by atoms with Crippen LogP contribution in [0, 0.1) is 6.92 Å². The van der Waals surface area contributed by atoms with Crippen LogP contribution in [0.3, 0.4) is 0 Å². The standard InChI is InChI=1S/C22H17NO3S2/c1-14-6-8-15(9-7-14)20-21(24)18-4-2-3-5-19(18)27-22(20)16-10-12-17(13-11-16)28(23,25)26/h2-13H,1H3,(H2,23,25,26). The van der Waals surface area contributed by atoms with Crippen LogP contribution in [-0.4, -0.2) is 8.42 Å². The molecule has 4 rings (SSSR count). The summed E-state index contributed by atoms with van der Waals surface area (Å²) in [6.07, 6.45) is 0. The molecule has 28 heavy (non-hydrogen) atoms. The molecule has 3 aromatic carbocycles. The van der Waals surface area contributed by atoms with Gasteiger partial charge in [0, 0.05) is 20.5 Å². The summed E-state index contributed by atoms with van der Waals surface area (Å²) < 4.78 is 24.0. The summed E-state index contributed by atoms with van der Waals surface area (Å²) in [7, 11) is -3.77. The third kappa shape index (κ3) is 3.38. The quantitative estimate of drug-likeness (QED) is 0.541. The van der Waals surface area contributed by atoms with Gasteiger partial charge in [-0.3, -0.25) is 4.79 Å². The Labute approximate surface area is 167 Å². The molecular weight excluding hydrogens is 390 g/mol. The number of primary sulfonamides is 1. The van der Waals surface area contributed by atoms with E-state index in [1.165, 1.54) is 23.5 Å². The van der Waals surface area contributed by atoms with Gasteiger partial charge in [0.1, 0.15) is 0 Å². The monoisotopic (exact) mass is 407 g/mol. The second-order valence-electron chi connectivity index (χ2n) is 6.57. The van der Waals surface area contributed by atoms with Gasteiger partial charge in [0.05, 0.1) is 4.90 Å². The second-order valence-corrected chi connectivity index (χ2v) is 9.18. The summed E-state index contributed by atoms with van der Waals surface area (Å²) in [6.45, 7) is 2.00. The first kappa shape index (κ1) is 18.6. The van der Waals surface area contributed by atoms with E-state index in [1.807, 2.05) is 55.5 Å². The smallest absolute Gasteiger partial charge is 0.238 e. The molecule has 1 aromatic heterocycles. The van der Waals surface area contributed by atoms with E-state index >= 15 is 0 Å². The Kier molecular flexibility index (Phi) is 4.63. The minimum Gasteiger partial charge on any atom is -0.288 e. The largest absolute Gasteiger partial charge is 0.288 e. The number of hydrogen-bond donors (Lipinski definition) is 1. The fourth-order valence-electron chi connectivity index (χ4n) is 3.12. The van der Waals surface area contributed by atoms with Gasteiger partial charge in [0.2, 0.25) is 10.0 Å². The molecule has 0 radical (unpaired) electrons. The summed E-state index contributed by atoms with van der Waals surface area (Å²) in [5, 5.41) is 5.88. The first-order valence-corrected chi connectivity index (χ1v) is 11.0. The van der Waals surface area contributed by atoms with Crippen LogP contribution < -0.4 is 10.6 Å². The van der Waals surface area contributed by atoms with Crippen molar-refractivity contribution in [3.8, 4) is 21.6 Å². The molecule has 0 aliphatic heterocycles. The van der Waals surface area contributed by atoms with Crippen LogP contribution in [0.1, 0.15) is 5.56 Å². The van der Waals surface area contributed by atoms with Crippen molar-refractivity contribution in [1.82, 2.24) is 0 Å². The van der Waals surface area contributed by atoms with Gasteiger partial charge in [-0.25, -0.2) is 13.6 Å². The summed E-state index contributed by atoms with van der Waals surface area (Å²) in [5.41, 5.74) is 3.30. The van der Waals surface area contributed by atoms with Gasteiger partial charge in [-0.2, -0.15) is 0 Å². The molecule has 0 bridgehead atoms. The molecule has 0 saturated carbocycles. The maximum Gasteiger partial charge on any atom is 0.238 e. The highest BCUT2D eigenvalue weighted by Crippen LogP contribution is 2.37. The van der Waals surface area contributed by atoms with Crippen molar-refractivity contribution in [1.29, 1.82) is 0 Å². The van der Waals surface area contributed by atoms with E-state index in [1.54, 1.807) is 12.1 Å². The molecule has 4 aromatic rings. The molecule has 0 spiro atoms. The molecule has 0 aliphatic rings. The highest BCUT2D eigenvalue weighted by atomic mass is 32.2. The van der Waals surface area contributed by atoms with Crippen LogP contribution in [0.5, 0.6) is 0 Å². The molecule has 0 fully saturated rings. The van der Waals surface area contributed by atoms with E-state index in [9.17, 15) is 13.2 Å². The van der Waals surface area contributed by atoms with Crippen molar-refractivity contribution in [2.45, 2.75) is 11.8 Å². The number of rotatable bonds is 3. The van der Waals surface area contributed by atoms with Gasteiger partial charge in [-0.15, -0.1) is 11.3 Å². The molecular formula is C22H17NO3S2. The first-order chi connectivity index (χ1) is 13.3. The van der Waals surface area contributed by atoms with Crippen molar-refractivity contribution in [2.75, 3.05) is 0 Å². The Morgan fingerprint density at radius 3 is 2.07 bits per heavy atom. The van der Waals surface area contributed by atoms with E-state index < -0.39 is 10.0 Å². The molecule has 140 valence electrons. The summed E-state index contributed by atoms with van der Waals surface area (Å²) in [6, 6.07) is 21.7. The Hall–Kier alpha value is -2.80. The van der Waals surface area contributed by atoms with Crippen LogP contribution in [0.15, 0.2) is 82.5 Å². The lowest BCUT2D eigenvalue weighted by molar-refractivity contribution is 0.598. The molecule has 0 saturated heterocycles. The van der Waals surface area contributed by atoms with Crippen LogP contribution in [0.2, 0.25) is 0 Å². The van der Waals surface area contributed by atoms with E-state index in [4.69, 9.17) is 5.14 Å². The van der Waals surface area contributed by atoms with Crippen molar-refractivity contribution in [2.24, 2.45) is 5.14 Å². The zero-order valence-corrected chi connectivity index (χ0v) is 16.7. The zero-order chi connectivity index (χ0) is 19.9. The van der Waals surface area contributed by atoms with Gasteiger partial charge < -0.3 is 0 Å². The van der Waals surface area contributed by atoms with Crippen molar-refractivity contribution < 1.29 is 8.42 Å². The van der Waals surface area contributed by atoms with E-state index in [2.05, 4.69) is 0 Å². The van der Waals surface area contributed by atoms with Crippen molar-refractivity contribution >= 4 is 31.4 Å². The van der Waals surface area contributed by atoms with E-state index in [0.717, 1.165) is 26.3 Å². The Balaban J connectivity index is 2.03. The predicted octanol–water partition coefficient (Wildman–Crippen LogP) is 4.55. The lowest BCUT2D eigenvalue weighted by Gasteiger charge is -2.11. The molecule has 6 heteroatoms. The van der Waals surface area contributed by atoms with E-state index in [0.29, 0.717) is 10.9 Å². The summed E-state index contributed by atoms with van der Waals surface area (Å²) >= 11 is 1.51. The third-order valence-electron chi connectivity index (χ3n) is 4.58. The number of aryl methyl sites for hydroxylation is 1.